The predicted octanol–water partition coefficient (Wildman–Crippen LogP) is 1.48. The molecule has 1 fully saturated rings. The third-order valence-electron chi connectivity index (χ3n) is 3.92. The zero-order chi connectivity index (χ0) is 18.1. The molecule has 0 aliphatic carbocycles. The van der Waals surface area contributed by atoms with Gasteiger partial charge in [0.1, 0.15) is 6.04 Å². The van der Waals surface area contributed by atoms with E-state index in [0.717, 1.165) is 4.31 Å². The number of halogens is 1. The number of carbonyl (C=O) groups excluding carboxylic acids is 2. The Hall–Kier alpha value is -1.45. The molecule has 9 heteroatoms. The molecule has 24 heavy (non-hydrogen) atoms. The fraction of sp³-hybridized carbons (Fsp3) is 0.467. The molecule has 0 spiro atoms. The summed E-state index contributed by atoms with van der Waals surface area (Å²) in [6.07, 6.45) is 1.24. The van der Waals surface area contributed by atoms with Crippen LogP contribution in [0.4, 0.5) is 0 Å². The first kappa shape index (κ1) is 18.9. The standard InChI is InChI=1S/C15H19BrN2O5S/c1-17(2)24(21,22)13-9-10(6-7-11(13)16)14(19)18-8-4-5-12(18)15(20)23-3/h6-7,9,12H,4-5,8H2,1-3H3/t12-/m1/s1. The van der Waals surface area contributed by atoms with Gasteiger partial charge >= 0.3 is 5.97 Å². The van der Waals surface area contributed by atoms with Gasteiger partial charge in [0.25, 0.3) is 5.91 Å². The second-order valence-electron chi connectivity index (χ2n) is 5.61. The summed E-state index contributed by atoms with van der Waals surface area (Å²) in [7, 11) is 0.426. The van der Waals surface area contributed by atoms with Crippen LogP contribution in [0.15, 0.2) is 27.6 Å². The van der Waals surface area contributed by atoms with Crippen molar-refractivity contribution in [3.63, 3.8) is 0 Å². The van der Waals surface area contributed by atoms with E-state index in [4.69, 9.17) is 4.74 Å². The third kappa shape index (κ3) is 3.47. The molecule has 1 heterocycles. The SMILES string of the molecule is COC(=O)[C@H]1CCCN1C(=O)c1ccc(Br)c(S(=O)(=O)N(C)C)c1. The maximum atomic E-state index is 12.7. The van der Waals surface area contributed by atoms with Crippen LogP contribution in [0.1, 0.15) is 23.2 Å². The first-order valence-corrected chi connectivity index (χ1v) is 9.54. The highest BCUT2D eigenvalue weighted by Gasteiger charge is 2.35. The molecule has 7 nitrogen and oxygen atoms in total. The lowest BCUT2D eigenvalue weighted by Gasteiger charge is -2.23. The topological polar surface area (TPSA) is 84.0 Å². The van der Waals surface area contributed by atoms with Crippen molar-refractivity contribution < 1.29 is 22.7 Å². The number of benzene rings is 1. The molecule has 1 amide bonds. The number of carbonyl (C=O) groups is 2. The van der Waals surface area contributed by atoms with Crippen LogP contribution in [-0.2, 0) is 19.6 Å². The van der Waals surface area contributed by atoms with E-state index in [1.165, 1.54) is 44.3 Å². The molecule has 0 aromatic heterocycles. The second-order valence-corrected chi connectivity index (χ2v) is 8.59. The van der Waals surface area contributed by atoms with Crippen molar-refractivity contribution in [3.8, 4) is 0 Å². The number of sulfonamides is 1. The molecule has 2 rings (SSSR count). The molecule has 1 aromatic carbocycles. The van der Waals surface area contributed by atoms with Crippen molar-refractivity contribution in [3.05, 3.63) is 28.2 Å². The first-order valence-electron chi connectivity index (χ1n) is 7.31. The molecular weight excluding hydrogens is 400 g/mol. The minimum absolute atomic E-state index is 0.00663. The van der Waals surface area contributed by atoms with Gasteiger partial charge in [-0.3, -0.25) is 4.79 Å². The van der Waals surface area contributed by atoms with Crippen molar-refractivity contribution in [1.29, 1.82) is 0 Å². The van der Waals surface area contributed by atoms with E-state index >= 15 is 0 Å². The Bertz CT molecular complexity index is 763. The van der Waals surface area contributed by atoms with E-state index in [9.17, 15) is 18.0 Å². The van der Waals surface area contributed by atoms with Crippen LogP contribution >= 0.6 is 15.9 Å². The molecule has 0 radical (unpaired) electrons. The molecule has 0 saturated carbocycles. The van der Waals surface area contributed by atoms with Gasteiger partial charge in [-0.1, -0.05) is 0 Å². The van der Waals surface area contributed by atoms with E-state index in [2.05, 4.69) is 15.9 Å². The van der Waals surface area contributed by atoms with E-state index < -0.39 is 22.0 Å². The Labute approximate surface area is 149 Å². The molecule has 0 N–H and O–H groups in total. The monoisotopic (exact) mass is 418 g/mol. The molecule has 1 aliphatic heterocycles. The number of likely N-dealkylation sites (tertiary alicyclic amines) is 1. The van der Waals surface area contributed by atoms with E-state index in [0.29, 0.717) is 23.9 Å². The van der Waals surface area contributed by atoms with Gasteiger partial charge in [-0.05, 0) is 47.0 Å². The number of methoxy groups -OCH3 is 1. The van der Waals surface area contributed by atoms with Crippen LogP contribution < -0.4 is 0 Å². The van der Waals surface area contributed by atoms with Crippen molar-refractivity contribution in [2.24, 2.45) is 0 Å². The van der Waals surface area contributed by atoms with E-state index in [1.54, 1.807) is 0 Å². The average Bonchev–Trinajstić information content (AvgIpc) is 3.03. The van der Waals surface area contributed by atoms with Crippen molar-refractivity contribution in [1.82, 2.24) is 9.21 Å². The van der Waals surface area contributed by atoms with Gasteiger partial charge in [-0.25, -0.2) is 17.5 Å². The van der Waals surface area contributed by atoms with Crippen LogP contribution in [0.25, 0.3) is 0 Å². The number of hydrogen-bond donors (Lipinski definition) is 0. The number of ether oxygens (including phenoxy) is 1. The van der Waals surface area contributed by atoms with Crippen LogP contribution in [0, 0.1) is 0 Å². The van der Waals surface area contributed by atoms with Gasteiger partial charge in [-0.2, -0.15) is 0 Å². The summed E-state index contributed by atoms with van der Waals surface area (Å²) in [4.78, 5) is 26.0. The van der Waals surface area contributed by atoms with Gasteiger partial charge in [0.05, 0.1) is 12.0 Å². The van der Waals surface area contributed by atoms with Crippen LogP contribution in [0.5, 0.6) is 0 Å². The number of rotatable bonds is 4. The fourth-order valence-corrected chi connectivity index (χ4v) is 4.43. The summed E-state index contributed by atoms with van der Waals surface area (Å²) in [5, 5.41) is 0. The molecule has 0 unspecified atom stereocenters. The van der Waals surface area contributed by atoms with E-state index in [1.807, 2.05) is 0 Å². The lowest BCUT2D eigenvalue weighted by atomic mass is 10.1. The van der Waals surface area contributed by atoms with Crippen molar-refractivity contribution in [2.45, 2.75) is 23.8 Å². The zero-order valence-corrected chi connectivity index (χ0v) is 16.1. The normalized spacial score (nSPS) is 18.0. The lowest BCUT2D eigenvalue weighted by molar-refractivity contribution is -0.145. The van der Waals surface area contributed by atoms with Gasteiger partial charge in [0.15, 0.2) is 0 Å². The van der Waals surface area contributed by atoms with E-state index in [-0.39, 0.29) is 16.4 Å². The maximum absolute atomic E-state index is 12.7. The largest absolute Gasteiger partial charge is 0.467 e. The molecule has 1 aliphatic rings. The summed E-state index contributed by atoms with van der Waals surface area (Å²) in [6, 6.07) is 3.76. The first-order chi connectivity index (χ1) is 11.2. The van der Waals surface area contributed by atoms with Gasteiger partial charge in [0.2, 0.25) is 10.0 Å². The number of nitrogens with zero attached hydrogens (tertiary/aromatic N) is 2. The van der Waals surface area contributed by atoms with Gasteiger partial charge < -0.3 is 9.64 Å². The smallest absolute Gasteiger partial charge is 0.328 e. The van der Waals surface area contributed by atoms with Gasteiger partial charge in [0, 0.05) is 30.7 Å². The summed E-state index contributed by atoms with van der Waals surface area (Å²) in [5.74, 6) is -0.843. The summed E-state index contributed by atoms with van der Waals surface area (Å²) in [5.41, 5.74) is 0.217. The Balaban J connectivity index is 2.39. The zero-order valence-electron chi connectivity index (χ0n) is 13.7. The summed E-state index contributed by atoms with van der Waals surface area (Å²) >= 11 is 3.21. The minimum Gasteiger partial charge on any atom is -0.467 e. The predicted molar refractivity (Wildman–Crippen MR) is 91.1 cm³/mol. The number of amides is 1. The number of esters is 1. The highest BCUT2D eigenvalue weighted by atomic mass is 79.9. The molecular formula is C15H19BrN2O5S. The molecule has 132 valence electrons. The van der Waals surface area contributed by atoms with Crippen LogP contribution in [-0.4, -0.2) is 63.3 Å². The third-order valence-corrected chi connectivity index (χ3v) is 6.73. The van der Waals surface area contributed by atoms with Gasteiger partial charge in [-0.15, -0.1) is 0 Å². The molecule has 1 aromatic rings. The Morgan fingerprint density at radius 3 is 2.58 bits per heavy atom. The average molecular weight is 419 g/mol. The molecule has 1 saturated heterocycles. The Morgan fingerprint density at radius 1 is 1.33 bits per heavy atom. The molecule has 1 atom stereocenters. The van der Waals surface area contributed by atoms with Crippen molar-refractivity contribution in [2.75, 3.05) is 27.7 Å². The Kier molecular flexibility index (Phi) is 5.67. The lowest BCUT2D eigenvalue weighted by Crippen LogP contribution is -2.41. The summed E-state index contributed by atoms with van der Waals surface area (Å²) < 4.78 is 30.9. The highest BCUT2D eigenvalue weighted by Crippen LogP contribution is 2.27. The van der Waals surface area contributed by atoms with Crippen molar-refractivity contribution >= 4 is 37.8 Å². The number of hydrogen-bond acceptors (Lipinski definition) is 5. The quantitative estimate of drug-likeness (QED) is 0.691. The second kappa shape index (κ2) is 7.20. The van der Waals surface area contributed by atoms with Crippen LogP contribution in [0.3, 0.4) is 0 Å². The minimum atomic E-state index is -3.70. The highest BCUT2D eigenvalue weighted by molar-refractivity contribution is 9.10. The molecule has 0 bridgehead atoms. The fourth-order valence-electron chi connectivity index (χ4n) is 2.59. The Morgan fingerprint density at radius 2 is 2.00 bits per heavy atom. The summed E-state index contributed by atoms with van der Waals surface area (Å²) in [6.45, 7) is 0.435. The van der Waals surface area contributed by atoms with Crippen LogP contribution in [0.2, 0.25) is 0 Å². The maximum Gasteiger partial charge on any atom is 0.328 e.